The van der Waals surface area contributed by atoms with E-state index in [4.69, 9.17) is 0 Å². The Bertz CT molecular complexity index is 918. The quantitative estimate of drug-likeness (QED) is 0.717. The predicted octanol–water partition coefficient (Wildman–Crippen LogP) is 2.20. The molecule has 1 atom stereocenters. The minimum Gasteiger partial charge on any atom is -0.351 e. The number of amides is 1. The number of halogens is 1. The largest absolute Gasteiger partial charge is 0.351 e. The van der Waals surface area contributed by atoms with Crippen molar-refractivity contribution in [3.63, 3.8) is 0 Å². The number of sulfonamides is 1. The van der Waals surface area contributed by atoms with Crippen LogP contribution in [0.25, 0.3) is 0 Å². The summed E-state index contributed by atoms with van der Waals surface area (Å²) < 4.78 is 27.9. The maximum Gasteiger partial charge on any atom is 0.264 e. The molecule has 146 valence electrons. The summed E-state index contributed by atoms with van der Waals surface area (Å²) in [6.45, 7) is 3.01. The Hall–Kier alpha value is -2.09. The van der Waals surface area contributed by atoms with Gasteiger partial charge in [-0.15, -0.1) is 12.4 Å². The van der Waals surface area contributed by atoms with Crippen LogP contribution in [0.5, 0.6) is 0 Å². The van der Waals surface area contributed by atoms with Crippen molar-refractivity contribution in [3.05, 3.63) is 59.7 Å². The van der Waals surface area contributed by atoms with E-state index in [9.17, 15) is 13.2 Å². The number of carbonyl (C=O) groups excluding carboxylic acids is 1. The zero-order chi connectivity index (χ0) is 18.7. The molecule has 2 aromatic carbocycles. The molecule has 0 saturated heterocycles. The highest BCUT2D eigenvalue weighted by Crippen LogP contribution is 2.36. The number of nitrogens with zero attached hydrogens (tertiary/aromatic N) is 1. The molecule has 1 unspecified atom stereocenters. The number of likely N-dealkylation sites (N-methyl/N-ethyl adjacent to an activating group) is 1. The van der Waals surface area contributed by atoms with E-state index in [1.807, 2.05) is 31.2 Å². The number of benzene rings is 2. The first-order valence-electron chi connectivity index (χ1n) is 8.60. The highest BCUT2D eigenvalue weighted by Gasteiger charge is 2.36. The average Bonchev–Trinajstić information content (AvgIpc) is 2.98. The molecule has 0 bridgehead atoms. The average molecular weight is 410 g/mol. The van der Waals surface area contributed by atoms with Crippen LogP contribution in [0, 0.1) is 0 Å². The van der Waals surface area contributed by atoms with Crippen LogP contribution >= 0.6 is 12.4 Å². The molecule has 2 N–H and O–H groups in total. The molecule has 0 aliphatic carbocycles. The maximum atomic E-state index is 13.2. The Kier molecular flexibility index (Phi) is 6.86. The Balaban J connectivity index is 0.00000261. The third-order valence-corrected chi connectivity index (χ3v) is 6.38. The minimum absolute atomic E-state index is 0. The van der Waals surface area contributed by atoms with Crippen LogP contribution in [0.1, 0.15) is 22.8 Å². The third kappa shape index (κ3) is 4.26. The fourth-order valence-corrected chi connectivity index (χ4v) is 4.96. The molecule has 1 aliphatic rings. The van der Waals surface area contributed by atoms with Crippen molar-refractivity contribution in [1.29, 1.82) is 0 Å². The summed E-state index contributed by atoms with van der Waals surface area (Å²) in [5.74, 6) is -0.285. The van der Waals surface area contributed by atoms with E-state index >= 15 is 0 Å². The first kappa shape index (κ1) is 21.2. The van der Waals surface area contributed by atoms with Gasteiger partial charge in [0.15, 0.2) is 0 Å². The number of carbonyl (C=O) groups is 1. The van der Waals surface area contributed by atoms with Crippen molar-refractivity contribution in [2.24, 2.45) is 0 Å². The van der Waals surface area contributed by atoms with Gasteiger partial charge in [0.05, 0.1) is 10.6 Å². The second-order valence-corrected chi connectivity index (χ2v) is 8.18. The van der Waals surface area contributed by atoms with E-state index in [2.05, 4.69) is 10.6 Å². The van der Waals surface area contributed by atoms with Crippen molar-refractivity contribution in [2.45, 2.75) is 24.3 Å². The van der Waals surface area contributed by atoms with Crippen LogP contribution in [0.4, 0.5) is 5.69 Å². The summed E-state index contributed by atoms with van der Waals surface area (Å²) in [4.78, 5) is 12.4. The zero-order valence-corrected chi connectivity index (χ0v) is 16.9. The van der Waals surface area contributed by atoms with Gasteiger partial charge in [-0.3, -0.25) is 9.10 Å². The summed E-state index contributed by atoms with van der Waals surface area (Å²) in [5, 5.41) is 5.71. The lowest BCUT2D eigenvalue weighted by atomic mass is 10.1. The summed E-state index contributed by atoms with van der Waals surface area (Å²) in [6.07, 6.45) is 0.680. The normalized spacial score (nSPS) is 15.8. The van der Waals surface area contributed by atoms with Crippen LogP contribution in [0.2, 0.25) is 0 Å². The number of hydrogen-bond acceptors (Lipinski definition) is 4. The van der Waals surface area contributed by atoms with Crippen LogP contribution < -0.4 is 14.9 Å². The molecular formula is C19H24ClN3O3S. The molecule has 3 rings (SSSR count). The van der Waals surface area contributed by atoms with Gasteiger partial charge < -0.3 is 10.6 Å². The third-order valence-electron chi connectivity index (χ3n) is 4.46. The molecule has 0 fully saturated rings. The molecule has 0 saturated carbocycles. The first-order chi connectivity index (χ1) is 12.4. The van der Waals surface area contributed by atoms with Crippen molar-refractivity contribution >= 4 is 34.0 Å². The van der Waals surface area contributed by atoms with Crippen molar-refractivity contribution < 1.29 is 13.2 Å². The minimum atomic E-state index is -3.74. The SMILES string of the molecule is CNCCNC(=O)c1cccc(S(=O)(=O)N2c3ccccc3CC2C)c1.Cl. The number of nitrogens with one attached hydrogen (secondary N) is 2. The fourth-order valence-electron chi connectivity index (χ4n) is 3.22. The molecule has 0 radical (unpaired) electrons. The molecule has 8 heteroatoms. The van der Waals surface area contributed by atoms with E-state index in [0.29, 0.717) is 30.8 Å². The lowest BCUT2D eigenvalue weighted by Crippen LogP contribution is -2.36. The Morgan fingerprint density at radius 1 is 1.15 bits per heavy atom. The van der Waals surface area contributed by atoms with Crippen LogP contribution in [-0.2, 0) is 16.4 Å². The van der Waals surface area contributed by atoms with Crippen molar-refractivity contribution in [2.75, 3.05) is 24.4 Å². The second-order valence-electron chi connectivity index (χ2n) is 6.37. The molecule has 1 aliphatic heterocycles. The highest BCUT2D eigenvalue weighted by molar-refractivity contribution is 7.92. The van der Waals surface area contributed by atoms with Gasteiger partial charge in [0.1, 0.15) is 0 Å². The molecule has 6 nitrogen and oxygen atoms in total. The Labute approximate surface area is 166 Å². The topological polar surface area (TPSA) is 78.5 Å². The van der Waals surface area contributed by atoms with Gasteiger partial charge in [0.2, 0.25) is 0 Å². The van der Waals surface area contributed by atoms with Gasteiger partial charge in [-0.1, -0.05) is 24.3 Å². The summed E-state index contributed by atoms with van der Waals surface area (Å²) in [5.41, 5.74) is 2.07. The van der Waals surface area contributed by atoms with E-state index < -0.39 is 10.0 Å². The number of rotatable bonds is 6. The monoisotopic (exact) mass is 409 g/mol. The number of hydrogen-bond donors (Lipinski definition) is 2. The summed E-state index contributed by atoms with van der Waals surface area (Å²) in [7, 11) is -1.94. The van der Waals surface area contributed by atoms with Gasteiger partial charge in [-0.05, 0) is 50.2 Å². The number of fused-ring (bicyclic) bond motifs is 1. The summed E-state index contributed by atoms with van der Waals surface area (Å²) >= 11 is 0. The molecule has 0 aromatic heterocycles. The van der Waals surface area contributed by atoms with Crippen molar-refractivity contribution in [3.8, 4) is 0 Å². The van der Waals surface area contributed by atoms with Gasteiger partial charge >= 0.3 is 0 Å². The van der Waals surface area contributed by atoms with Gasteiger partial charge in [0.25, 0.3) is 15.9 Å². The maximum absolute atomic E-state index is 13.2. The van der Waals surface area contributed by atoms with Gasteiger partial charge in [0, 0.05) is 24.7 Å². The lowest BCUT2D eigenvalue weighted by molar-refractivity contribution is 0.0954. The van der Waals surface area contributed by atoms with Gasteiger partial charge in [-0.25, -0.2) is 8.42 Å². The molecule has 1 heterocycles. The second kappa shape index (κ2) is 8.73. The first-order valence-corrected chi connectivity index (χ1v) is 10.0. The molecule has 1 amide bonds. The van der Waals surface area contributed by atoms with Gasteiger partial charge in [-0.2, -0.15) is 0 Å². The summed E-state index contributed by atoms with van der Waals surface area (Å²) in [6, 6.07) is 13.6. The van der Waals surface area contributed by atoms with E-state index in [1.165, 1.54) is 16.4 Å². The van der Waals surface area contributed by atoms with Crippen LogP contribution in [-0.4, -0.2) is 40.5 Å². The standard InChI is InChI=1S/C19H23N3O3S.ClH/c1-14-12-15-6-3-4-9-18(15)22(14)26(24,25)17-8-5-7-16(13-17)19(23)21-11-10-20-2;/h3-9,13-14,20H,10-12H2,1-2H3,(H,21,23);1H. The molecular weight excluding hydrogens is 386 g/mol. The zero-order valence-electron chi connectivity index (χ0n) is 15.3. The molecule has 0 spiro atoms. The fraction of sp³-hybridized carbons (Fsp3) is 0.316. The van der Waals surface area contributed by atoms with E-state index in [1.54, 1.807) is 19.2 Å². The Morgan fingerprint density at radius 2 is 1.89 bits per heavy atom. The van der Waals surface area contributed by atoms with Crippen LogP contribution in [0.3, 0.4) is 0 Å². The lowest BCUT2D eigenvalue weighted by Gasteiger charge is -2.24. The number of para-hydroxylation sites is 1. The molecule has 27 heavy (non-hydrogen) atoms. The molecule has 2 aromatic rings. The van der Waals surface area contributed by atoms with E-state index in [-0.39, 0.29) is 29.3 Å². The Morgan fingerprint density at radius 3 is 2.63 bits per heavy atom. The predicted molar refractivity (Wildman–Crippen MR) is 109 cm³/mol. The van der Waals surface area contributed by atoms with Crippen LogP contribution in [0.15, 0.2) is 53.4 Å². The number of anilines is 1. The smallest absolute Gasteiger partial charge is 0.264 e. The van der Waals surface area contributed by atoms with E-state index in [0.717, 1.165) is 5.56 Å². The highest BCUT2D eigenvalue weighted by atomic mass is 35.5. The van der Waals surface area contributed by atoms with Crippen molar-refractivity contribution in [1.82, 2.24) is 10.6 Å².